The van der Waals surface area contributed by atoms with Crippen molar-refractivity contribution in [1.29, 1.82) is 0 Å². The summed E-state index contributed by atoms with van der Waals surface area (Å²) in [5.41, 5.74) is -0.630. The van der Waals surface area contributed by atoms with E-state index >= 15 is 0 Å². The van der Waals surface area contributed by atoms with E-state index < -0.39 is 25.4 Å². The number of carbonyl (C=O) groups excluding carboxylic acids is 1. The molecule has 0 aliphatic heterocycles. The van der Waals surface area contributed by atoms with Gasteiger partial charge in [-0.05, 0) is 39.2 Å². The topological polar surface area (TPSA) is 61.8 Å². The number of rotatable bonds is 6. The van der Waals surface area contributed by atoms with Crippen LogP contribution in [0.1, 0.15) is 34.6 Å². The largest absolute Gasteiger partial charge is 0.553 e. The molecule has 0 N–H and O–H groups in total. The highest BCUT2D eigenvalue weighted by molar-refractivity contribution is 7.41. The van der Waals surface area contributed by atoms with E-state index in [1.54, 1.807) is 34.6 Å². The average Bonchev–Trinajstić information content (AvgIpc) is 2.11. The second kappa shape index (κ2) is 6.94. The standard InChI is InChI=1S/C10H20O5P/c1-6-13-9(16(12)14-7-2)8(11)15-10(3,4)5/h9H,6-7H2,1-5H3/q+1. The van der Waals surface area contributed by atoms with Crippen molar-refractivity contribution in [2.24, 2.45) is 0 Å². The third kappa shape index (κ3) is 6.16. The Morgan fingerprint density at radius 3 is 2.19 bits per heavy atom. The predicted octanol–water partition coefficient (Wildman–Crippen LogP) is 2.47. The summed E-state index contributed by atoms with van der Waals surface area (Å²) in [6.45, 7) is 9.17. The van der Waals surface area contributed by atoms with Crippen LogP contribution in [0.15, 0.2) is 0 Å². The maximum atomic E-state index is 11.7. The van der Waals surface area contributed by atoms with Gasteiger partial charge in [0.15, 0.2) is 0 Å². The summed E-state index contributed by atoms with van der Waals surface area (Å²) >= 11 is 0. The second-order valence-corrected chi connectivity index (χ2v) is 5.34. The van der Waals surface area contributed by atoms with E-state index in [0.29, 0.717) is 0 Å². The van der Waals surface area contributed by atoms with Crippen LogP contribution in [-0.4, -0.2) is 30.6 Å². The van der Waals surface area contributed by atoms with E-state index in [0.717, 1.165) is 0 Å². The van der Waals surface area contributed by atoms with Crippen LogP contribution < -0.4 is 0 Å². The summed E-state index contributed by atoms with van der Waals surface area (Å²) in [5, 5.41) is 0. The molecule has 0 aliphatic rings. The Morgan fingerprint density at radius 2 is 1.81 bits per heavy atom. The van der Waals surface area contributed by atoms with E-state index in [-0.39, 0.29) is 13.2 Å². The van der Waals surface area contributed by atoms with Gasteiger partial charge in [-0.2, -0.15) is 0 Å². The molecule has 0 saturated heterocycles. The van der Waals surface area contributed by atoms with Crippen LogP contribution >= 0.6 is 8.03 Å². The lowest BCUT2D eigenvalue weighted by atomic mass is 10.2. The first kappa shape index (κ1) is 15.5. The molecule has 0 aromatic carbocycles. The van der Waals surface area contributed by atoms with E-state index in [2.05, 4.69) is 0 Å². The molecule has 2 unspecified atom stereocenters. The molecule has 6 heteroatoms. The number of hydrogen-bond acceptors (Lipinski definition) is 5. The highest BCUT2D eigenvalue weighted by Gasteiger charge is 2.43. The maximum Gasteiger partial charge on any atom is 0.553 e. The number of carbonyl (C=O) groups is 1. The molecule has 0 spiro atoms. The Morgan fingerprint density at radius 1 is 1.25 bits per heavy atom. The van der Waals surface area contributed by atoms with Gasteiger partial charge in [0.1, 0.15) is 5.60 Å². The molecule has 2 atom stereocenters. The van der Waals surface area contributed by atoms with Crippen LogP contribution in [0.25, 0.3) is 0 Å². The normalized spacial score (nSPS) is 14.4. The zero-order valence-corrected chi connectivity index (χ0v) is 11.4. The fourth-order valence-corrected chi connectivity index (χ4v) is 1.81. The minimum absolute atomic E-state index is 0.265. The molecule has 0 aromatic heterocycles. The Balaban J connectivity index is 4.52. The van der Waals surface area contributed by atoms with Crippen molar-refractivity contribution in [2.75, 3.05) is 13.2 Å². The molecule has 0 amide bonds. The first-order valence-corrected chi connectivity index (χ1v) is 6.50. The van der Waals surface area contributed by atoms with Gasteiger partial charge < -0.3 is 9.47 Å². The van der Waals surface area contributed by atoms with E-state index in [1.165, 1.54) is 0 Å². The highest BCUT2D eigenvalue weighted by Crippen LogP contribution is 2.32. The lowest BCUT2D eigenvalue weighted by molar-refractivity contribution is -0.163. The SMILES string of the molecule is CCOC(C(=O)OC(C)(C)C)[P+](=O)OCC. The smallest absolute Gasteiger partial charge is 0.455 e. The van der Waals surface area contributed by atoms with Crippen molar-refractivity contribution in [3.63, 3.8) is 0 Å². The first-order chi connectivity index (χ1) is 7.31. The molecule has 5 nitrogen and oxygen atoms in total. The summed E-state index contributed by atoms with van der Waals surface area (Å²) in [6, 6.07) is 0. The monoisotopic (exact) mass is 251 g/mol. The molecule has 16 heavy (non-hydrogen) atoms. The minimum atomic E-state index is -2.19. The van der Waals surface area contributed by atoms with E-state index in [4.69, 9.17) is 14.0 Å². The zero-order chi connectivity index (χ0) is 12.8. The third-order valence-corrected chi connectivity index (χ3v) is 2.64. The van der Waals surface area contributed by atoms with E-state index in [9.17, 15) is 9.36 Å². The van der Waals surface area contributed by atoms with Crippen LogP contribution in [0.2, 0.25) is 0 Å². The minimum Gasteiger partial charge on any atom is -0.455 e. The van der Waals surface area contributed by atoms with Crippen molar-refractivity contribution < 1.29 is 23.4 Å². The summed E-state index contributed by atoms with van der Waals surface area (Å²) in [6.07, 6.45) is 0. The van der Waals surface area contributed by atoms with Crippen molar-refractivity contribution >= 4 is 14.0 Å². The molecule has 0 fully saturated rings. The lowest BCUT2D eigenvalue weighted by Gasteiger charge is -2.19. The van der Waals surface area contributed by atoms with Crippen molar-refractivity contribution in [2.45, 2.75) is 46.1 Å². The van der Waals surface area contributed by atoms with Crippen LogP contribution in [-0.2, 0) is 23.4 Å². The third-order valence-electron chi connectivity index (χ3n) is 1.38. The molecule has 94 valence electrons. The van der Waals surface area contributed by atoms with Gasteiger partial charge in [-0.3, -0.25) is 0 Å². The van der Waals surface area contributed by atoms with Crippen LogP contribution in [0.3, 0.4) is 0 Å². The van der Waals surface area contributed by atoms with Crippen molar-refractivity contribution in [3.8, 4) is 0 Å². The lowest BCUT2D eigenvalue weighted by Crippen LogP contribution is -2.32. The molecule has 0 bridgehead atoms. The van der Waals surface area contributed by atoms with Crippen LogP contribution in [0, 0.1) is 0 Å². The summed E-state index contributed by atoms with van der Waals surface area (Å²) in [4.78, 5) is 11.7. The average molecular weight is 251 g/mol. The van der Waals surface area contributed by atoms with Crippen LogP contribution in [0.5, 0.6) is 0 Å². The molecule has 0 heterocycles. The summed E-state index contributed by atoms with van der Waals surface area (Å²) < 4.78 is 26.6. The molecular formula is C10H20O5P+. The Hall–Kier alpha value is -0.510. The van der Waals surface area contributed by atoms with E-state index in [1.807, 2.05) is 0 Å². The van der Waals surface area contributed by atoms with Gasteiger partial charge in [-0.15, -0.1) is 4.52 Å². The zero-order valence-electron chi connectivity index (χ0n) is 10.5. The second-order valence-electron chi connectivity index (χ2n) is 4.04. The number of esters is 1. The molecule has 0 aliphatic carbocycles. The van der Waals surface area contributed by atoms with Crippen molar-refractivity contribution in [1.82, 2.24) is 0 Å². The molecule has 0 aromatic rings. The summed E-state index contributed by atoms with van der Waals surface area (Å²) in [5.74, 6) is -1.79. The maximum absolute atomic E-state index is 11.7. The number of hydrogen-bond donors (Lipinski definition) is 0. The fraction of sp³-hybridized carbons (Fsp3) is 0.900. The number of ether oxygens (including phenoxy) is 2. The highest BCUT2D eigenvalue weighted by atomic mass is 31.1. The Bertz CT molecular complexity index is 246. The first-order valence-electron chi connectivity index (χ1n) is 5.25. The predicted molar refractivity (Wildman–Crippen MR) is 60.5 cm³/mol. The van der Waals surface area contributed by atoms with Gasteiger partial charge in [-0.25, -0.2) is 4.79 Å². The molecule has 0 saturated carbocycles. The van der Waals surface area contributed by atoms with Crippen LogP contribution in [0.4, 0.5) is 0 Å². The Kier molecular flexibility index (Phi) is 6.72. The van der Waals surface area contributed by atoms with Gasteiger partial charge in [0.05, 0.1) is 6.61 Å². The van der Waals surface area contributed by atoms with Gasteiger partial charge in [0.2, 0.25) is 0 Å². The molecular weight excluding hydrogens is 231 g/mol. The van der Waals surface area contributed by atoms with Gasteiger partial charge in [-0.1, -0.05) is 0 Å². The quantitative estimate of drug-likeness (QED) is 0.536. The van der Waals surface area contributed by atoms with Gasteiger partial charge in [0.25, 0.3) is 0 Å². The van der Waals surface area contributed by atoms with Crippen molar-refractivity contribution in [3.05, 3.63) is 0 Å². The Labute approximate surface area is 97.3 Å². The molecule has 0 radical (unpaired) electrons. The van der Waals surface area contributed by atoms with Gasteiger partial charge in [0, 0.05) is 6.61 Å². The summed E-state index contributed by atoms with van der Waals surface area (Å²) in [7, 11) is -2.19. The van der Waals surface area contributed by atoms with Gasteiger partial charge >= 0.3 is 19.8 Å². The molecule has 0 rings (SSSR count). The fourth-order valence-electron chi connectivity index (χ4n) is 0.920.